The van der Waals surface area contributed by atoms with Crippen molar-refractivity contribution < 1.29 is 19.2 Å². The molecule has 0 spiro atoms. The average molecular weight is 400 g/mol. The highest BCUT2D eigenvalue weighted by Gasteiger charge is 2.49. The minimum Gasteiger partial charge on any atom is -0.355 e. The summed E-state index contributed by atoms with van der Waals surface area (Å²) >= 11 is 0. The number of carbonyl (C=O) groups is 4. The molecular formula is C21H28N4O4. The third-order valence-electron chi connectivity index (χ3n) is 5.76. The molecule has 0 radical (unpaired) electrons. The summed E-state index contributed by atoms with van der Waals surface area (Å²) in [6.45, 7) is 2.55. The lowest BCUT2D eigenvalue weighted by Crippen LogP contribution is -2.46. The summed E-state index contributed by atoms with van der Waals surface area (Å²) in [5, 5.41) is 2.57. The number of imide groups is 2. The van der Waals surface area contributed by atoms with Gasteiger partial charge in [-0.3, -0.25) is 24.2 Å². The van der Waals surface area contributed by atoms with Crippen LogP contribution in [0.1, 0.15) is 48.5 Å². The predicted octanol–water partition coefficient (Wildman–Crippen LogP) is 1.80. The summed E-state index contributed by atoms with van der Waals surface area (Å²) in [5.41, 5.74) is 1.50. The van der Waals surface area contributed by atoms with Crippen molar-refractivity contribution >= 4 is 23.8 Å². The van der Waals surface area contributed by atoms with Gasteiger partial charge in [0, 0.05) is 25.2 Å². The first-order valence-corrected chi connectivity index (χ1v) is 10.0. The molecule has 8 nitrogen and oxygen atoms in total. The molecule has 1 heterocycles. The molecule has 8 heteroatoms. The van der Waals surface area contributed by atoms with E-state index >= 15 is 0 Å². The molecule has 2 fully saturated rings. The quantitative estimate of drug-likeness (QED) is 0.581. The Morgan fingerprint density at radius 3 is 2.38 bits per heavy atom. The molecule has 1 aliphatic heterocycles. The molecule has 1 aromatic rings. The predicted molar refractivity (Wildman–Crippen MR) is 107 cm³/mol. The van der Waals surface area contributed by atoms with E-state index in [0.29, 0.717) is 12.1 Å². The van der Waals surface area contributed by atoms with Crippen molar-refractivity contribution in [2.45, 2.75) is 45.2 Å². The fraction of sp³-hybridized carbons (Fsp3) is 0.524. The van der Waals surface area contributed by atoms with E-state index in [1.165, 1.54) is 4.90 Å². The summed E-state index contributed by atoms with van der Waals surface area (Å²) in [5.74, 6) is -1.42. The number of benzene rings is 1. The summed E-state index contributed by atoms with van der Waals surface area (Å²) in [4.78, 5) is 53.4. The number of rotatable bonds is 6. The summed E-state index contributed by atoms with van der Waals surface area (Å²) in [7, 11) is 3.36. The molecule has 3 rings (SSSR count). The Balaban J connectivity index is 1.64. The highest BCUT2D eigenvalue weighted by Crippen LogP contribution is 2.31. The number of hydrogen-bond acceptors (Lipinski definition) is 5. The first kappa shape index (κ1) is 21.0. The molecule has 5 amide bonds. The number of urea groups is 1. The molecule has 0 aromatic heterocycles. The van der Waals surface area contributed by atoms with Crippen molar-refractivity contribution in [1.29, 1.82) is 0 Å². The van der Waals surface area contributed by atoms with Gasteiger partial charge in [-0.2, -0.15) is 0 Å². The summed E-state index contributed by atoms with van der Waals surface area (Å²) in [6.07, 6.45) is 3.77. The van der Waals surface area contributed by atoms with Gasteiger partial charge in [-0.15, -0.1) is 0 Å². The third kappa shape index (κ3) is 4.32. The summed E-state index contributed by atoms with van der Waals surface area (Å²) < 4.78 is 0. The van der Waals surface area contributed by atoms with Crippen LogP contribution in [0.5, 0.6) is 0 Å². The summed E-state index contributed by atoms with van der Waals surface area (Å²) in [6, 6.07) is 6.40. The van der Waals surface area contributed by atoms with E-state index in [0.717, 1.165) is 36.1 Å². The van der Waals surface area contributed by atoms with E-state index in [2.05, 4.69) is 5.32 Å². The second-order valence-electron chi connectivity index (χ2n) is 7.95. The van der Waals surface area contributed by atoms with Crippen molar-refractivity contribution in [1.82, 2.24) is 20.0 Å². The zero-order valence-corrected chi connectivity index (χ0v) is 17.2. The van der Waals surface area contributed by atoms with Gasteiger partial charge in [0.25, 0.3) is 5.91 Å². The first-order chi connectivity index (χ1) is 13.8. The van der Waals surface area contributed by atoms with Crippen molar-refractivity contribution in [3.8, 4) is 0 Å². The molecule has 156 valence electrons. The second-order valence-corrected chi connectivity index (χ2v) is 7.95. The fourth-order valence-corrected chi connectivity index (χ4v) is 4.13. The maximum atomic E-state index is 12.9. The van der Waals surface area contributed by atoms with E-state index < -0.39 is 17.8 Å². The molecule has 0 bridgehead atoms. The van der Waals surface area contributed by atoms with Crippen LogP contribution in [0, 0.1) is 5.92 Å². The molecular weight excluding hydrogens is 372 g/mol. The van der Waals surface area contributed by atoms with Gasteiger partial charge < -0.3 is 5.32 Å². The van der Waals surface area contributed by atoms with E-state index in [1.807, 2.05) is 19.1 Å². The number of nitrogens with one attached hydrogen (secondary N) is 1. The van der Waals surface area contributed by atoms with Crippen LogP contribution < -0.4 is 5.32 Å². The molecule has 1 saturated heterocycles. The molecule has 1 aliphatic carbocycles. The van der Waals surface area contributed by atoms with Crippen LogP contribution in [-0.4, -0.2) is 65.3 Å². The van der Waals surface area contributed by atoms with Crippen molar-refractivity contribution in [2.75, 3.05) is 20.8 Å². The fourth-order valence-electron chi connectivity index (χ4n) is 4.13. The minimum absolute atomic E-state index is 0.0399. The van der Waals surface area contributed by atoms with Gasteiger partial charge in [0.1, 0.15) is 0 Å². The van der Waals surface area contributed by atoms with Crippen LogP contribution in [0.2, 0.25) is 0 Å². The Labute approximate surface area is 170 Å². The van der Waals surface area contributed by atoms with Crippen LogP contribution >= 0.6 is 0 Å². The topological polar surface area (TPSA) is 90.0 Å². The van der Waals surface area contributed by atoms with E-state index in [1.54, 1.807) is 31.1 Å². The van der Waals surface area contributed by atoms with Crippen molar-refractivity contribution in [2.24, 2.45) is 5.92 Å². The van der Waals surface area contributed by atoms with Crippen molar-refractivity contribution in [3.05, 3.63) is 35.4 Å². The number of amides is 5. The normalized spacial score (nSPS) is 22.6. The smallest absolute Gasteiger partial charge is 0.335 e. The van der Waals surface area contributed by atoms with Gasteiger partial charge in [0.05, 0.1) is 6.67 Å². The molecule has 2 atom stereocenters. The van der Waals surface area contributed by atoms with Gasteiger partial charge in [-0.25, -0.2) is 9.69 Å². The van der Waals surface area contributed by atoms with Crippen LogP contribution in [0.15, 0.2) is 24.3 Å². The maximum Gasteiger partial charge on any atom is 0.335 e. The molecule has 1 N–H and O–H groups in total. The Bertz CT molecular complexity index is 807. The van der Waals surface area contributed by atoms with Gasteiger partial charge in [-0.1, -0.05) is 31.9 Å². The first-order valence-electron chi connectivity index (χ1n) is 10.0. The van der Waals surface area contributed by atoms with Crippen LogP contribution in [0.25, 0.3) is 0 Å². The highest BCUT2D eigenvalue weighted by molar-refractivity contribution is 6.44. The van der Waals surface area contributed by atoms with Gasteiger partial charge in [-0.05, 0) is 43.5 Å². The van der Waals surface area contributed by atoms with E-state index in [-0.39, 0.29) is 24.5 Å². The Kier molecular flexibility index (Phi) is 6.32. The molecule has 1 saturated carbocycles. The zero-order valence-electron chi connectivity index (χ0n) is 17.2. The largest absolute Gasteiger partial charge is 0.355 e. The lowest BCUT2D eigenvalue weighted by atomic mass is 9.85. The van der Waals surface area contributed by atoms with Crippen LogP contribution in [0.4, 0.5) is 4.79 Å². The Morgan fingerprint density at radius 2 is 1.76 bits per heavy atom. The van der Waals surface area contributed by atoms with Crippen LogP contribution in [-0.2, 0) is 16.1 Å². The Morgan fingerprint density at radius 1 is 1.10 bits per heavy atom. The number of carbonyl (C=O) groups excluding carboxylic acids is 4. The van der Waals surface area contributed by atoms with E-state index in [9.17, 15) is 19.2 Å². The zero-order chi connectivity index (χ0) is 21.1. The lowest BCUT2D eigenvalue weighted by molar-refractivity contribution is -0.145. The second kappa shape index (κ2) is 8.73. The van der Waals surface area contributed by atoms with Crippen LogP contribution in [0.3, 0.4) is 0 Å². The van der Waals surface area contributed by atoms with Gasteiger partial charge >= 0.3 is 17.8 Å². The number of hydrogen-bond donors (Lipinski definition) is 1. The SMILES string of the molecule is CNC(=O)c1ccc(CN(C)CN2C(=O)C(=O)N([C@@H]3CCCC[C@H]3C)C2=O)cc1. The maximum absolute atomic E-state index is 12.9. The average Bonchev–Trinajstić information content (AvgIpc) is 2.92. The minimum atomic E-state index is -0.755. The van der Waals surface area contributed by atoms with Gasteiger partial charge in [0.2, 0.25) is 0 Å². The Hall–Kier alpha value is -2.74. The van der Waals surface area contributed by atoms with E-state index in [4.69, 9.17) is 0 Å². The van der Waals surface area contributed by atoms with Gasteiger partial charge in [0.15, 0.2) is 0 Å². The standard InChI is InChI=1S/C21H28N4O4/c1-14-6-4-5-7-17(14)25-20(28)19(27)24(21(25)29)13-23(3)12-15-8-10-16(11-9-15)18(26)22-2/h8-11,14,17H,4-7,12-13H2,1-3H3,(H,22,26)/t14-,17-/m1/s1. The molecule has 2 aliphatic rings. The monoisotopic (exact) mass is 400 g/mol. The lowest BCUT2D eigenvalue weighted by Gasteiger charge is -2.34. The number of nitrogens with zero attached hydrogens (tertiary/aromatic N) is 3. The molecule has 0 unspecified atom stereocenters. The molecule has 29 heavy (non-hydrogen) atoms. The molecule has 1 aromatic carbocycles. The highest BCUT2D eigenvalue weighted by atomic mass is 16.2. The third-order valence-corrected chi connectivity index (χ3v) is 5.76. The van der Waals surface area contributed by atoms with Crippen molar-refractivity contribution in [3.63, 3.8) is 0 Å².